The first-order valence-corrected chi connectivity index (χ1v) is 4.02. The summed E-state index contributed by atoms with van der Waals surface area (Å²) in [6.45, 7) is 0.955. The Kier molecular flexibility index (Phi) is 2.71. The molecule has 15 heavy (non-hydrogen) atoms. The van der Waals surface area contributed by atoms with Crippen LogP contribution in [0.4, 0.5) is 8.78 Å². The summed E-state index contributed by atoms with van der Waals surface area (Å²) in [6, 6.07) is 4.33. The zero-order chi connectivity index (χ0) is 11.6. The first kappa shape index (κ1) is 11.1. The topological polar surface area (TPSA) is 61.1 Å². The lowest BCUT2D eigenvalue weighted by Crippen LogP contribution is -2.32. The van der Waals surface area contributed by atoms with E-state index in [4.69, 9.17) is 10.4 Å². The van der Waals surface area contributed by atoms with Crippen molar-refractivity contribution in [1.29, 1.82) is 5.26 Å². The summed E-state index contributed by atoms with van der Waals surface area (Å²) in [6.07, 6.45) is 0. The van der Waals surface area contributed by atoms with Gasteiger partial charge in [-0.25, -0.2) is 8.78 Å². The number of rotatable bonds is 2. The molecule has 1 N–H and O–H groups in total. The first-order valence-electron chi connectivity index (χ1n) is 4.02. The van der Waals surface area contributed by atoms with Crippen molar-refractivity contribution in [3.8, 4) is 6.07 Å². The van der Waals surface area contributed by atoms with E-state index in [1.807, 2.05) is 0 Å². The number of nitrogens with zero attached hydrogens (tertiary/aromatic N) is 1. The lowest BCUT2D eigenvalue weighted by Gasteiger charge is -2.17. The van der Waals surface area contributed by atoms with Crippen LogP contribution < -0.4 is 0 Å². The van der Waals surface area contributed by atoms with Crippen LogP contribution in [0.1, 0.15) is 12.5 Å². The van der Waals surface area contributed by atoms with Crippen molar-refractivity contribution in [2.45, 2.75) is 12.3 Å². The Morgan fingerprint density at radius 3 is 2.27 bits per heavy atom. The maximum Gasteiger partial charge on any atom is 0.328 e. The van der Waals surface area contributed by atoms with E-state index in [0.717, 1.165) is 25.1 Å². The molecule has 0 saturated heterocycles. The van der Waals surface area contributed by atoms with Crippen LogP contribution in [0.25, 0.3) is 0 Å². The van der Waals surface area contributed by atoms with Crippen molar-refractivity contribution in [1.82, 2.24) is 0 Å². The van der Waals surface area contributed by atoms with Gasteiger partial charge in [0.1, 0.15) is 11.6 Å². The van der Waals surface area contributed by atoms with Gasteiger partial charge in [0, 0.05) is 0 Å². The van der Waals surface area contributed by atoms with Gasteiger partial charge in [-0.05, 0) is 19.1 Å². The average Bonchev–Trinajstić information content (AvgIpc) is 2.16. The van der Waals surface area contributed by atoms with Gasteiger partial charge in [-0.15, -0.1) is 0 Å². The molecule has 1 atom stereocenters. The number of nitriles is 1. The van der Waals surface area contributed by atoms with E-state index in [-0.39, 0.29) is 0 Å². The Morgan fingerprint density at radius 1 is 1.47 bits per heavy atom. The summed E-state index contributed by atoms with van der Waals surface area (Å²) in [5.74, 6) is -3.67. The SMILES string of the molecule is CC(C#N)(C(=O)O)c1c(F)cccc1F. The number of halogens is 2. The van der Waals surface area contributed by atoms with Crippen molar-refractivity contribution in [3.05, 3.63) is 35.4 Å². The second-order valence-corrected chi connectivity index (χ2v) is 3.14. The number of hydrogen-bond donors (Lipinski definition) is 1. The first-order chi connectivity index (χ1) is 6.93. The quantitative estimate of drug-likeness (QED) is 0.811. The maximum atomic E-state index is 13.2. The molecule has 0 spiro atoms. The molecule has 0 aliphatic heterocycles. The molecule has 0 saturated carbocycles. The minimum Gasteiger partial charge on any atom is -0.480 e. The molecule has 0 amide bonds. The summed E-state index contributed by atoms with van der Waals surface area (Å²) < 4.78 is 26.5. The van der Waals surface area contributed by atoms with Crippen molar-refractivity contribution in [2.24, 2.45) is 0 Å². The molecule has 1 aromatic carbocycles. The highest BCUT2D eigenvalue weighted by Gasteiger charge is 2.40. The monoisotopic (exact) mass is 211 g/mol. The molecule has 0 aromatic heterocycles. The molecule has 0 bridgehead atoms. The summed E-state index contributed by atoms with van der Waals surface area (Å²) in [7, 11) is 0. The minimum absolute atomic E-state index is 0.736. The Hall–Kier alpha value is -1.96. The zero-order valence-corrected chi connectivity index (χ0v) is 7.79. The summed E-state index contributed by atoms with van der Waals surface area (Å²) >= 11 is 0. The molecular formula is C10H7F2NO2. The lowest BCUT2D eigenvalue weighted by molar-refractivity contribution is -0.141. The molecule has 0 radical (unpaired) electrons. The average molecular weight is 211 g/mol. The Morgan fingerprint density at radius 2 is 1.93 bits per heavy atom. The van der Waals surface area contributed by atoms with Gasteiger partial charge < -0.3 is 5.11 Å². The third-order valence-electron chi connectivity index (χ3n) is 2.11. The standard InChI is InChI=1S/C10H7F2NO2/c1-10(5-13,9(14)15)8-6(11)3-2-4-7(8)12/h2-4H,1H3,(H,14,15). The third-order valence-corrected chi connectivity index (χ3v) is 2.11. The molecular weight excluding hydrogens is 204 g/mol. The number of carbonyl (C=O) groups is 1. The van der Waals surface area contributed by atoms with E-state index in [1.165, 1.54) is 6.07 Å². The van der Waals surface area contributed by atoms with Crippen LogP contribution >= 0.6 is 0 Å². The number of carboxylic acids is 1. The van der Waals surface area contributed by atoms with Gasteiger partial charge in [-0.1, -0.05) is 6.07 Å². The van der Waals surface area contributed by atoms with Crippen LogP contribution in [0.2, 0.25) is 0 Å². The fourth-order valence-corrected chi connectivity index (χ4v) is 1.19. The molecule has 0 fully saturated rings. The van der Waals surface area contributed by atoms with Gasteiger partial charge in [0.25, 0.3) is 0 Å². The van der Waals surface area contributed by atoms with E-state index in [1.54, 1.807) is 0 Å². The molecule has 3 nitrogen and oxygen atoms in total. The van der Waals surface area contributed by atoms with Crippen LogP contribution in [0.15, 0.2) is 18.2 Å². The molecule has 1 aromatic rings. The van der Waals surface area contributed by atoms with E-state index < -0.39 is 28.6 Å². The molecule has 1 rings (SSSR count). The Labute approximate surface area is 84.6 Å². The van der Waals surface area contributed by atoms with E-state index in [9.17, 15) is 13.6 Å². The van der Waals surface area contributed by atoms with Gasteiger partial charge >= 0.3 is 5.97 Å². The third kappa shape index (κ3) is 1.66. The highest BCUT2D eigenvalue weighted by atomic mass is 19.1. The molecule has 0 heterocycles. The van der Waals surface area contributed by atoms with Gasteiger partial charge in [0.05, 0.1) is 11.6 Å². The van der Waals surface area contributed by atoms with Crippen LogP contribution in [0, 0.1) is 23.0 Å². The van der Waals surface area contributed by atoms with Crippen LogP contribution in [-0.2, 0) is 10.2 Å². The largest absolute Gasteiger partial charge is 0.480 e. The fourth-order valence-electron chi connectivity index (χ4n) is 1.19. The number of carboxylic acid groups (broad SMARTS) is 1. The zero-order valence-electron chi connectivity index (χ0n) is 7.79. The van der Waals surface area contributed by atoms with Crippen LogP contribution in [0.3, 0.4) is 0 Å². The predicted molar refractivity (Wildman–Crippen MR) is 47.0 cm³/mol. The van der Waals surface area contributed by atoms with E-state index in [0.29, 0.717) is 0 Å². The van der Waals surface area contributed by atoms with Gasteiger partial charge in [-0.2, -0.15) is 5.26 Å². The molecule has 1 unspecified atom stereocenters. The van der Waals surface area contributed by atoms with E-state index in [2.05, 4.69) is 0 Å². The highest BCUT2D eigenvalue weighted by molar-refractivity contribution is 5.84. The van der Waals surface area contributed by atoms with Gasteiger partial charge in [0.2, 0.25) is 0 Å². The minimum atomic E-state index is -2.21. The van der Waals surface area contributed by atoms with Crippen molar-refractivity contribution >= 4 is 5.97 Å². The summed E-state index contributed by atoms with van der Waals surface area (Å²) in [5, 5.41) is 17.5. The van der Waals surface area contributed by atoms with Gasteiger partial charge in [0.15, 0.2) is 5.41 Å². The number of aliphatic carboxylic acids is 1. The Balaban J connectivity index is 3.51. The van der Waals surface area contributed by atoms with Crippen LogP contribution in [-0.4, -0.2) is 11.1 Å². The maximum absolute atomic E-state index is 13.2. The Bertz CT molecular complexity index is 433. The fraction of sp³-hybridized carbons (Fsp3) is 0.200. The summed E-state index contributed by atoms with van der Waals surface area (Å²) in [4.78, 5) is 10.8. The molecule has 5 heteroatoms. The second-order valence-electron chi connectivity index (χ2n) is 3.14. The normalized spacial score (nSPS) is 14.0. The molecule has 78 valence electrons. The van der Waals surface area contributed by atoms with Crippen LogP contribution in [0.5, 0.6) is 0 Å². The molecule has 0 aliphatic carbocycles. The van der Waals surface area contributed by atoms with Crippen molar-refractivity contribution < 1.29 is 18.7 Å². The van der Waals surface area contributed by atoms with Gasteiger partial charge in [-0.3, -0.25) is 4.79 Å². The molecule has 0 aliphatic rings. The second kappa shape index (κ2) is 3.65. The number of hydrogen-bond acceptors (Lipinski definition) is 2. The van der Waals surface area contributed by atoms with Crippen molar-refractivity contribution in [2.75, 3.05) is 0 Å². The van der Waals surface area contributed by atoms with E-state index >= 15 is 0 Å². The highest BCUT2D eigenvalue weighted by Crippen LogP contribution is 2.28. The predicted octanol–water partition coefficient (Wildman–Crippen LogP) is 1.83. The number of benzene rings is 1. The van der Waals surface area contributed by atoms with Crippen molar-refractivity contribution in [3.63, 3.8) is 0 Å². The smallest absolute Gasteiger partial charge is 0.328 e. The summed E-state index contributed by atoms with van der Waals surface area (Å²) in [5.41, 5.74) is -2.95. The lowest BCUT2D eigenvalue weighted by atomic mass is 9.83.